The van der Waals surface area contributed by atoms with Crippen molar-refractivity contribution in [1.82, 2.24) is 10.6 Å². The second kappa shape index (κ2) is 11.7. The maximum atomic E-state index is 12.3. The lowest BCUT2D eigenvalue weighted by atomic mass is 10.2. The molecule has 2 rings (SSSR count). The van der Waals surface area contributed by atoms with Crippen molar-refractivity contribution in [2.24, 2.45) is 0 Å². The van der Waals surface area contributed by atoms with Crippen LogP contribution in [0.15, 0.2) is 42.5 Å². The van der Waals surface area contributed by atoms with Gasteiger partial charge >= 0.3 is 0 Å². The molecule has 0 heterocycles. The van der Waals surface area contributed by atoms with Gasteiger partial charge in [0, 0.05) is 12.1 Å². The Labute approximate surface area is 209 Å². The number of carbonyl (C=O) groups is 1. The molecular formula is C19H18Cl4N4O4S. The van der Waals surface area contributed by atoms with Crippen molar-refractivity contribution in [3.05, 3.63) is 63.2 Å². The number of alkyl halides is 3. The summed E-state index contributed by atoms with van der Waals surface area (Å²) in [5.41, 5.74) is 1.23. The molecule has 8 nitrogen and oxygen atoms in total. The molecule has 32 heavy (non-hydrogen) atoms. The van der Waals surface area contributed by atoms with Crippen LogP contribution in [0.25, 0.3) is 0 Å². The topological polar surface area (TPSA) is 106 Å². The number of nitrogens with zero attached hydrogens (tertiary/aromatic N) is 1. The fourth-order valence-electron chi connectivity index (χ4n) is 2.38. The molecule has 3 N–H and O–H groups in total. The Bertz CT molecular complexity index is 986. The molecule has 0 bridgehead atoms. The van der Waals surface area contributed by atoms with Crippen LogP contribution >= 0.6 is 58.6 Å². The molecule has 2 aromatic carbocycles. The monoisotopic (exact) mass is 538 g/mol. The van der Waals surface area contributed by atoms with Crippen LogP contribution in [0.2, 0.25) is 5.02 Å². The number of thiocarbonyl (C=S) groups is 1. The quantitative estimate of drug-likeness (QED) is 0.143. The van der Waals surface area contributed by atoms with Gasteiger partial charge in [-0.05, 0) is 42.4 Å². The summed E-state index contributed by atoms with van der Waals surface area (Å²) in [6.45, 7) is 1.71. The van der Waals surface area contributed by atoms with Crippen LogP contribution in [0.4, 0.5) is 11.4 Å². The van der Waals surface area contributed by atoms with Gasteiger partial charge in [-0.1, -0.05) is 65.5 Å². The second-order valence-electron chi connectivity index (χ2n) is 6.35. The van der Waals surface area contributed by atoms with E-state index in [4.69, 9.17) is 63.4 Å². The molecule has 0 aromatic heterocycles. The molecular weight excluding hydrogens is 522 g/mol. The van der Waals surface area contributed by atoms with Crippen molar-refractivity contribution >= 4 is 81.0 Å². The number of nitrogens with one attached hydrogen (secondary N) is 3. The Balaban J connectivity index is 1.96. The summed E-state index contributed by atoms with van der Waals surface area (Å²) in [4.78, 5) is 22.5. The van der Waals surface area contributed by atoms with E-state index in [-0.39, 0.29) is 28.1 Å². The molecule has 0 saturated heterocycles. The van der Waals surface area contributed by atoms with Crippen LogP contribution in [0, 0.1) is 10.1 Å². The zero-order chi connectivity index (χ0) is 23.9. The van der Waals surface area contributed by atoms with Crippen LogP contribution in [-0.4, -0.2) is 32.5 Å². The zero-order valence-electron chi connectivity index (χ0n) is 16.5. The minimum atomic E-state index is -1.97. The van der Waals surface area contributed by atoms with Gasteiger partial charge in [0.25, 0.3) is 11.6 Å². The van der Waals surface area contributed by atoms with Crippen LogP contribution in [0.3, 0.4) is 0 Å². The van der Waals surface area contributed by atoms with Crippen molar-refractivity contribution in [2.75, 3.05) is 11.9 Å². The lowest BCUT2D eigenvalue weighted by Crippen LogP contribution is -2.57. The van der Waals surface area contributed by atoms with Gasteiger partial charge in [-0.25, -0.2) is 0 Å². The summed E-state index contributed by atoms with van der Waals surface area (Å²) in [5.74, 6) is -0.0506. The Morgan fingerprint density at radius 1 is 1.19 bits per heavy atom. The molecule has 0 saturated carbocycles. The molecule has 0 spiro atoms. The summed E-state index contributed by atoms with van der Waals surface area (Å²) < 4.78 is 3.47. The molecule has 1 amide bonds. The molecule has 0 radical (unpaired) electrons. The van der Waals surface area contributed by atoms with E-state index < -0.39 is 20.8 Å². The van der Waals surface area contributed by atoms with Crippen molar-refractivity contribution in [3.8, 4) is 5.75 Å². The lowest BCUT2D eigenvalue weighted by molar-refractivity contribution is -0.384. The number of amides is 1. The minimum absolute atomic E-state index is 0.0477. The van der Waals surface area contributed by atoms with Crippen LogP contribution < -0.4 is 20.7 Å². The van der Waals surface area contributed by atoms with Gasteiger partial charge in [-0.2, -0.15) is 0 Å². The fourth-order valence-corrected chi connectivity index (χ4v) is 3.16. The predicted octanol–water partition coefficient (Wildman–Crippen LogP) is 4.99. The maximum Gasteiger partial charge on any atom is 0.271 e. The summed E-state index contributed by atoms with van der Waals surface area (Å²) in [5, 5.41) is 18.7. The smallest absolute Gasteiger partial charge is 0.271 e. The third-order valence-corrected chi connectivity index (χ3v) is 5.21. The number of hydrogen-bond donors (Lipinski definition) is 3. The van der Waals surface area contributed by atoms with Gasteiger partial charge < -0.3 is 20.7 Å². The fraction of sp³-hybridized carbons (Fsp3) is 0.263. The van der Waals surface area contributed by atoms with E-state index in [0.717, 1.165) is 18.1 Å². The largest absolute Gasteiger partial charge is 0.484 e. The molecule has 0 unspecified atom stereocenters. The standard InChI is InChI=1S/C19H18Cl4N4O4S/c1-2-11-3-6-13(7-4-11)31-10-16(28)25-17(19(21,22)23)26-18(32)24-15-8-5-12(27(29)30)9-14(15)20/h3-9,17H,2,10H2,1H3,(H,25,28)(H2,24,26,32)/t17-/m1/s1. The van der Waals surface area contributed by atoms with Crippen LogP contribution in [-0.2, 0) is 11.2 Å². The minimum Gasteiger partial charge on any atom is -0.484 e. The van der Waals surface area contributed by atoms with Gasteiger partial charge in [-0.15, -0.1) is 0 Å². The summed E-state index contributed by atoms with van der Waals surface area (Å²) >= 11 is 29.1. The van der Waals surface area contributed by atoms with Crippen LogP contribution in [0.5, 0.6) is 5.75 Å². The van der Waals surface area contributed by atoms with Crippen molar-refractivity contribution in [2.45, 2.75) is 23.3 Å². The first kappa shape index (κ1) is 26.2. The molecule has 0 aliphatic rings. The highest BCUT2D eigenvalue weighted by Gasteiger charge is 2.34. The number of halogens is 4. The first-order valence-corrected chi connectivity index (χ1v) is 11.0. The van der Waals surface area contributed by atoms with E-state index in [1.165, 1.54) is 12.1 Å². The van der Waals surface area contributed by atoms with Crippen molar-refractivity contribution in [3.63, 3.8) is 0 Å². The highest BCUT2D eigenvalue weighted by molar-refractivity contribution is 7.80. The van der Waals surface area contributed by atoms with Crippen molar-refractivity contribution in [1.29, 1.82) is 0 Å². The number of ether oxygens (including phenoxy) is 1. The third kappa shape index (κ3) is 8.14. The van der Waals surface area contributed by atoms with Gasteiger partial charge in [0.1, 0.15) is 11.9 Å². The first-order valence-electron chi connectivity index (χ1n) is 9.09. The molecule has 0 fully saturated rings. The molecule has 0 aliphatic carbocycles. The van der Waals surface area contributed by atoms with E-state index >= 15 is 0 Å². The van der Waals surface area contributed by atoms with E-state index in [2.05, 4.69) is 16.0 Å². The second-order valence-corrected chi connectivity index (χ2v) is 9.53. The highest BCUT2D eigenvalue weighted by atomic mass is 35.6. The average molecular weight is 540 g/mol. The number of non-ortho nitro benzene ring substituents is 1. The van der Waals surface area contributed by atoms with Gasteiger partial charge in [0.05, 0.1) is 15.6 Å². The van der Waals surface area contributed by atoms with Crippen LogP contribution in [0.1, 0.15) is 12.5 Å². The molecule has 2 aromatic rings. The number of nitro groups is 1. The Kier molecular flexibility index (Phi) is 9.60. The maximum absolute atomic E-state index is 12.3. The predicted molar refractivity (Wildman–Crippen MR) is 131 cm³/mol. The average Bonchev–Trinajstić information content (AvgIpc) is 2.72. The van der Waals surface area contributed by atoms with Gasteiger partial charge in [0.15, 0.2) is 11.7 Å². The van der Waals surface area contributed by atoms with E-state index in [0.29, 0.717) is 5.75 Å². The molecule has 1 atom stereocenters. The van der Waals surface area contributed by atoms with E-state index in [1.807, 2.05) is 19.1 Å². The van der Waals surface area contributed by atoms with E-state index in [1.54, 1.807) is 12.1 Å². The van der Waals surface area contributed by atoms with Crippen molar-refractivity contribution < 1.29 is 14.5 Å². The number of anilines is 1. The van der Waals surface area contributed by atoms with Gasteiger partial charge in [-0.3, -0.25) is 14.9 Å². The highest BCUT2D eigenvalue weighted by Crippen LogP contribution is 2.30. The Morgan fingerprint density at radius 2 is 1.84 bits per heavy atom. The zero-order valence-corrected chi connectivity index (χ0v) is 20.4. The van der Waals surface area contributed by atoms with Gasteiger partial charge in [0.2, 0.25) is 3.79 Å². The molecule has 172 valence electrons. The molecule has 13 heteroatoms. The summed E-state index contributed by atoms with van der Waals surface area (Å²) in [6.07, 6.45) is -0.334. The number of aryl methyl sites for hydroxylation is 1. The Morgan fingerprint density at radius 3 is 2.38 bits per heavy atom. The SMILES string of the molecule is CCc1ccc(OCC(=O)N[C@H](NC(=S)Nc2ccc([N+](=O)[O-])cc2Cl)C(Cl)(Cl)Cl)cc1. The summed E-state index contributed by atoms with van der Waals surface area (Å²) in [7, 11) is 0. The summed E-state index contributed by atoms with van der Waals surface area (Å²) in [6, 6.07) is 11.1. The third-order valence-electron chi connectivity index (χ3n) is 4.02. The lowest BCUT2D eigenvalue weighted by Gasteiger charge is -2.27. The normalized spacial score (nSPS) is 11.9. The first-order chi connectivity index (χ1) is 15.0. The number of benzene rings is 2. The number of hydrogen-bond acceptors (Lipinski definition) is 5. The number of carbonyl (C=O) groups excluding carboxylic acids is 1. The number of nitro benzene ring substituents is 1. The Hall–Kier alpha value is -2.04. The van der Waals surface area contributed by atoms with E-state index in [9.17, 15) is 14.9 Å². The molecule has 0 aliphatic heterocycles. The number of rotatable bonds is 8.